The molecule has 2 aromatic heterocycles. The monoisotopic (exact) mass is 468 g/mol. The molecule has 0 aliphatic heterocycles. The second-order valence-electron chi connectivity index (χ2n) is 8.45. The molecule has 176 valence electrons. The van der Waals surface area contributed by atoms with E-state index < -0.39 is 18.0 Å². The number of nitrogen functional groups attached to an aromatic ring is 1. The first-order chi connectivity index (χ1) is 16.9. The van der Waals surface area contributed by atoms with Crippen molar-refractivity contribution in [1.29, 1.82) is 0 Å². The van der Waals surface area contributed by atoms with Gasteiger partial charge in [-0.2, -0.15) is 5.10 Å². The summed E-state index contributed by atoms with van der Waals surface area (Å²) >= 11 is 0. The number of benzene rings is 3. The molecule has 5 rings (SSSR count). The van der Waals surface area contributed by atoms with E-state index in [2.05, 4.69) is 15.4 Å². The summed E-state index contributed by atoms with van der Waals surface area (Å²) in [6.45, 7) is 1.65. The van der Waals surface area contributed by atoms with Crippen molar-refractivity contribution in [3.05, 3.63) is 102 Å². The van der Waals surface area contributed by atoms with Crippen LogP contribution in [0.3, 0.4) is 0 Å². The molecule has 35 heavy (non-hydrogen) atoms. The highest BCUT2D eigenvalue weighted by molar-refractivity contribution is 5.92. The Kier molecular flexibility index (Phi) is 5.88. The molecule has 2 atom stereocenters. The van der Waals surface area contributed by atoms with E-state index in [4.69, 9.17) is 10.7 Å². The molecule has 0 aliphatic rings. The lowest BCUT2D eigenvalue weighted by molar-refractivity contribution is 0.199. The standard InChI is InChI=1S/C27H25FN6O/c1-16(35)18-8-11-23(28)22(15-18)24(27-32-26(33-34(27)2)17-6-4-3-5-7-17)31-20-9-10-21-19(14-20)12-13-30-25(21)29/h3-16,24,31,35H,1-2H3,(H2,29,30). The molecule has 0 saturated carbocycles. The van der Waals surface area contributed by atoms with Gasteiger partial charge in [0.2, 0.25) is 0 Å². The fraction of sp³-hybridized carbons (Fsp3) is 0.148. The van der Waals surface area contributed by atoms with Crippen molar-refractivity contribution in [3.8, 4) is 11.4 Å². The molecule has 0 fully saturated rings. The van der Waals surface area contributed by atoms with Crippen LogP contribution in [0.4, 0.5) is 15.9 Å². The Morgan fingerprint density at radius 1 is 1.03 bits per heavy atom. The predicted molar refractivity (Wildman–Crippen MR) is 135 cm³/mol. The number of hydrogen-bond donors (Lipinski definition) is 3. The summed E-state index contributed by atoms with van der Waals surface area (Å²) in [5, 5.41) is 19.9. The van der Waals surface area contributed by atoms with Crippen molar-refractivity contribution in [3.63, 3.8) is 0 Å². The number of nitrogens with zero attached hydrogens (tertiary/aromatic N) is 4. The third-order valence-electron chi connectivity index (χ3n) is 6.01. The van der Waals surface area contributed by atoms with Gasteiger partial charge in [-0.15, -0.1) is 0 Å². The van der Waals surface area contributed by atoms with Crippen molar-refractivity contribution in [1.82, 2.24) is 19.7 Å². The summed E-state index contributed by atoms with van der Waals surface area (Å²) in [7, 11) is 1.78. The number of aliphatic hydroxyl groups is 1. The second-order valence-corrected chi connectivity index (χ2v) is 8.45. The molecule has 0 bridgehead atoms. The zero-order valence-corrected chi connectivity index (χ0v) is 19.4. The number of halogens is 1. The first-order valence-corrected chi connectivity index (χ1v) is 11.3. The molecule has 8 heteroatoms. The molecule has 0 saturated heterocycles. The lowest BCUT2D eigenvalue weighted by atomic mass is 9.99. The molecular formula is C27H25FN6O. The minimum absolute atomic E-state index is 0.354. The maximum atomic E-state index is 15.2. The molecule has 7 nitrogen and oxygen atoms in total. The minimum Gasteiger partial charge on any atom is -0.389 e. The fourth-order valence-corrected chi connectivity index (χ4v) is 4.14. The van der Waals surface area contributed by atoms with Crippen molar-refractivity contribution in [2.75, 3.05) is 11.1 Å². The molecule has 2 unspecified atom stereocenters. The summed E-state index contributed by atoms with van der Waals surface area (Å²) in [5.74, 6) is 1.10. The molecule has 0 aliphatic carbocycles. The molecular weight excluding hydrogens is 443 g/mol. The van der Waals surface area contributed by atoms with Crippen molar-refractivity contribution < 1.29 is 9.50 Å². The third kappa shape index (κ3) is 4.43. The van der Waals surface area contributed by atoms with E-state index in [1.807, 2.05) is 54.6 Å². The molecule has 0 spiro atoms. The molecule has 0 amide bonds. The highest BCUT2D eigenvalue weighted by atomic mass is 19.1. The van der Waals surface area contributed by atoms with Crippen molar-refractivity contribution in [2.24, 2.45) is 7.05 Å². The van der Waals surface area contributed by atoms with Gasteiger partial charge in [0, 0.05) is 35.4 Å². The number of rotatable bonds is 6. The van der Waals surface area contributed by atoms with Gasteiger partial charge in [0.1, 0.15) is 17.7 Å². The Morgan fingerprint density at radius 2 is 1.83 bits per heavy atom. The van der Waals surface area contributed by atoms with E-state index >= 15 is 4.39 Å². The molecule has 3 aromatic carbocycles. The Bertz CT molecular complexity index is 1500. The first-order valence-electron chi connectivity index (χ1n) is 11.3. The number of aryl methyl sites for hydroxylation is 1. The Hall–Kier alpha value is -4.30. The van der Waals surface area contributed by atoms with E-state index in [1.165, 1.54) is 6.07 Å². The van der Waals surface area contributed by atoms with Gasteiger partial charge in [0.25, 0.3) is 0 Å². The van der Waals surface area contributed by atoms with Crippen LogP contribution < -0.4 is 11.1 Å². The van der Waals surface area contributed by atoms with E-state index in [-0.39, 0.29) is 0 Å². The second kappa shape index (κ2) is 9.15. The normalized spacial score (nSPS) is 13.0. The van der Waals surface area contributed by atoms with Gasteiger partial charge in [-0.1, -0.05) is 36.4 Å². The number of aliphatic hydroxyl groups excluding tert-OH is 1. The lowest BCUT2D eigenvalue weighted by Crippen LogP contribution is -2.19. The largest absolute Gasteiger partial charge is 0.389 e. The van der Waals surface area contributed by atoms with Crippen LogP contribution in [0.25, 0.3) is 22.2 Å². The van der Waals surface area contributed by atoms with Gasteiger partial charge in [-0.25, -0.2) is 14.4 Å². The third-order valence-corrected chi connectivity index (χ3v) is 6.01. The Labute approximate surface area is 202 Å². The molecule has 4 N–H and O–H groups in total. The summed E-state index contributed by atoms with van der Waals surface area (Å²) in [5.41, 5.74) is 8.58. The van der Waals surface area contributed by atoms with Gasteiger partial charge in [0.15, 0.2) is 11.6 Å². The van der Waals surface area contributed by atoms with Gasteiger partial charge in [0.05, 0.1) is 6.10 Å². The zero-order valence-electron chi connectivity index (χ0n) is 19.4. The van der Waals surface area contributed by atoms with Crippen LogP contribution in [0, 0.1) is 5.82 Å². The number of aromatic nitrogens is 4. The topological polar surface area (TPSA) is 102 Å². The highest BCUT2D eigenvalue weighted by Crippen LogP contribution is 2.32. The summed E-state index contributed by atoms with van der Waals surface area (Å²) in [6, 6.07) is 21.1. The van der Waals surface area contributed by atoms with Crippen LogP contribution in [0.15, 0.2) is 79.0 Å². The SMILES string of the molecule is CC(O)c1ccc(F)c(C(Nc2ccc3c(N)nccc3c2)c2nc(-c3ccccc3)nn2C)c1. The number of pyridine rings is 1. The average molecular weight is 469 g/mol. The molecule has 5 aromatic rings. The van der Waals surface area contributed by atoms with Crippen LogP contribution in [0.1, 0.15) is 36.0 Å². The number of fused-ring (bicyclic) bond motifs is 1. The van der Waals surface area contributed by atoms with E-state index in [1.54, 1.807) is 37.0 Å². The molecule has 2 heterocycles. The van der Waals surface area contributed by atoms with Crippen LogP contribution in [-0.2, 0) is 7.05 Å². The smallest absolute Gasteiger partial charge is 0.181 e. The van der Waals surface area contributed by atoms with Crippen LogP contribution in [0.2, 0.25) is 0 Å². The van der Waals surface area contributed by atoms with E-state index in [0.717, 1.165) is 22.0 Å². The number of nitrogens with two attached hydrogens (primary N) is 1. The zero-order chi connectivity index (χ0) is 24.5. The van der Waals surface area contributed by atoms with Crippen molar-refractivity contribution >= 4 is 22.3 Å². The van der Waals surface area contributed by atoms with Gasteiger partial charge >= 0.3 is 0 Å². The van der Waals surface area contributed by atoms with Crippen molar-refractivity contribution in [2.45, 2.75) is 19.1 Å². The quantitative estimate of drug-likeness (QED) is 0.324. The van der Waals surface area contributed by atoms with Gasteiger partial charge in [-0.05, 0) is 54.3 Å². The summed E-state index contributed by atoms with van der Waals surface area (Å²) < 4.78 is 16.9. The summed E-state index contributed by atoms with van der Waals surface area (Å²) in [6.07, 6.45) is 0.907. The fourth-order valence-electron chi connectivity index (χ4n) is 4.14. The van der Waals surface area contributed by atoms with Gasteiger partial charge < -0.3 is 16.2 Å². The van der Waals surface area contributed by atoms with E-state index in [0.29, 0.717) is 28.6 Å². The Morgan fingerprint density at radius 3 is 2.60 bits per heavy atom. The van der Waals surface area contributed by atoms with Crippen LogP contribution >= 0.6 is 0 Å². The van der Waals surface area contributed by atoms with Crippen LogP contribution in [0.5, 0.6) is 0 Å². The maximum Gasteiger partial charge on any atom is 0.181 e. The number of hydrogen-bond acceptors (Lipinski definition) is 6. The number of anilines is 2. The van der Waals surface area contributed by atoms with E-state index in [9.17, 15) is 5.11 Å². The Balaban J connectivity index is 1.63. The first kappa shape index (κ1) is 22.5. The van der Waals surface area contributed by atoms with Crippen LogP contribution in [-0.4, -0.2) is 24.9 Å². The lowest BCUT2D eigenvalue weighted by Gasteiger charge is -2.22. The predicted octanol–water partition coefficient (Wildman–Crippen LogP) is 5.01. The maximum absolute atomic E-state index is 15.2. The highest BCUT2D eigenvalue weighted by Gasteiger charge is 2.25. The minimum atomic E-state index is -0.745. The average Bonchev–Trinajstić information content (AvgIpc) is 3.25. The molecule has 0 radical (unpaired) electrons. The number of nitrogens with one attached hydrogen (secondary N) is 1. The van der Waals surface area contributed by atoms with Gasteiger partial charge in [-0.3, -0.25) is 4.68 Å². The summed E-state index contributed by atoms with van der Waals surface area (Å²) in [4.78, 5) is 8.91.